The summed E-state index contributed by atoms with van der Waals surface area (Å²) in [6.07, 6.45) is 3.52. The van der Waals surface area contributed by atoms with E-state index in [4.69, 9.17) is 0 Å². The largest absolute Gasteiger partial charge is 0.446 e. The number of rotatable bonds is 4. The molecule has 0 bridgehead atoms. The number of thioether (sulfide) groups is 1. The molecule has 3 nitrogen and oxygen atoms in total. The molecule has 2 aromatic rings. The molecule has 0 unspecified atom stereocenters. The fraction of sp³-hybridized carbons (Fsp3) is 0.250. The minimum Gasteiger partial charge on any atom is -0.378 e. The molecule has 0 aliphatic carbocycles. The number of alkyl halides is 3. The van der Waals surface area contributed by atoms with Gasteiger partial charge in [0.2, 0.25) is 0 Å². The highest BCUT2D eigenvalue weighted by atomic mass is 32.2. The van der Waals surface area contributed by atoms with Gasteiger partial charge in [0, 0.05) is 24.7 Å². The molecule has 0 saturated carbocycles. The average Bonchev–Trinajstić information content (AvgIpc) is 2.72. The molecule has 0 fully saturated rings. The molecular weight excluding hydrogens is 275 g/mol. The van der Waals surface area contributed by atoms with E-state index in [1.807, 2.05) is 13.2 Å². The summed E-state index contributed by atoms with van der Waals surface area (Å²) < 4.78 is 38.1. The van der Waals surface area contributed by atoms with Crippen LogP contribution in [0, 0.1) is 0 Å². The predicted molar refractivity (Wildman–Crippen MR) is 68.9 cm³/mol. The third-order valence-electron chi connectivity index (χ3n) is 2.36. The van der Waals surface area contributed by atoms with Crippen LogP contribution in [0.1, 0.15) is 5.56 Å². The molecule has 19 heavy (non-hydrogen) atoms. The SMILES string of the molecule is Cn1cc(NCc2ccc(SC(F)(F)F)cc2)cn1. The standard InChI is InChI=1S/C12H12F3N3S/c1-18-8-10(7-17-18)16-6-9-2-4-11(5-3-9)19-12(13,14)15/h2-5,7-8,16H,6H2,1H3. The van der Waals surface area contributed by atoms with Crippen molar-refractivity contribution in [2.24, 2.45) is 7.05 Å². The third kappa shape index (κ3) is 4.51. The number of hydrogen-bond donors (Lipinski definition) is 1. The lowest BCUT2D eigenvalue weighted by atomic mass is 10.2. The monoisotopic (exact) mass is 287 g/mol. The number of nitrogens with one attached hydrogen (secondary N) is 1. The van der Waals surface area contributed by atoms with E-state index >= 15 is 0 Å². The molecule has 1 aromatic heterocycles. The second-order valence-corrected chi connectivity index (χ2v) is 5.09. The van der Waals surface area contributed by atoms with Crippen molar-refractivity contribution in [2.75, 3.05) is 5.32 Å². The van der Waals surface area contributed by atoms with Gasteiger partial charge in [-0.2, -0.15) is 18.3 Å². The average molecular weight is 287 g/mol. The Morgan fingerprint density at radius 2 is 1.95 bits per heavy atom. The zero-order chi connectivity index (χ0) is 13.9. The Kier molecular flexibility index (Phi) is 4.04. The highest BCUT2D eigenvalue weighted by Gasteiger charge is 2.28. The van der Waals surface area contributed by atoms with E-state index in [1.54, 1.807) is 23.0 Å². The lowest BCUT2D eigenvalue weighted by Gasteiger charge is -2.07. The van der Waals surface area contributed by atoms with E-state index in [-0.39, 0.29) is 16.7 Å². The van der Waals surface area contributed by atoms with Crippen molar-refractivity contribution in [1.82, 2.24) is 9.78 Å². The zero-order valence-corrected chi connectivity index (χ0v) is 10.9. The van der Waals surface area contributed by atoms with Crippen LogP contribution in [-0.2, 0) is 13.6 Å². The number of halogens is 3. The highest BCUT2D eigenvalue weighted by molar-refractivity contribution is 8.00. The molecule has 0 amide bonds. The summed E-state index contributed by atoms with van der Waals surface area (Å²) in [7, 11) is 1.81. The highest BCUT2D eigenvalue weighted by Crippen LogP contribution is 2.36. The second-order valence-electron chi connectivity index (χ2n) is 3.95. The van der Waals surface area contributed by atoms with E-state index in [9.17, 15) is 13.2 Å². The van der Waals surface area contributed by atoms with Crippen molar-refractivity contribution in [3.63, 3.8) is 0 Å². The molecule has 0 saturated heterocycles. The van der Waals surface area contributed by atoms with Crippen LogP contribution in [0.2, 0.25) is 0 Å². The fourth-order valence-electron chi connectivity index (χ4n) is 1.53. The Morgan fingerprint density at radius 3 is 2.47 bits per heavy atom. The Hall–Kier alpha value is -1.63. The molecule has 0 aliphatic heterocycles. The van der Waals surface area contributed by atoms with E-state index < -0.39 is 5.51 Å². The van der Waals surface area contributed by atoms with Crippen LogP contribution >= 0.6 is 11.8 Å². The number of aryl methyl sites for hydroxylation is 1. The third-order valence-corrected chi connectivity index (χ3v) is 3.10. The number of nitrogens with zero attached hydrogens (tertiary/aromatic N) is 2. The van der Waals surface area contributed by atoms with Gasteiger partial charge in [0.25, 0.3) is 0 Å². The van der Waals surface area contributed by atoms with Gasteiger partial charge in [-0.15, -0.1) is 0 Å². The van der Waals surface area contributed by atoms with Gasteiger partial charge < -0.3 is 5.32 Å². The Bertz CT molecular complexity index is 534. The predicted octanol–water partition coefficient (Wildman–Crippen LogP) is 3.64. The van der Waals surface area contributed by atoms with Crippen molar-refractivity contribution < 1.29 is 13.2 Å². The molecule has 1 N–H and O–H groups in total. The molecule has 0 radical (unpaired) electrons. The molecule has 2 rings (SSSR count). The fourth-order valence-corrected chi connectivity index (χ4v) is 2.07. The number of benzene rings is 1. The van der Waals surface area contributed by atoms with Crippen LogP contribution in [0.5, 0.6) is 0 Å². The van der Waals surface area contributed by atoms with Crippen molar-refractivity contribution >= 4 is 17.4 Å². The topological polar surface area (TPSA) is 29.9 Å². The smallest absolute Gasteiger partial charge is 0.378 e. The maximum Gasteiger partial charge on any atom is 0.446 e. The van der Waals surface area contributed by atoms with Gasteiger partial charge in [0.05, 0.1) is 11.9 Å². The Balaban J connectivity index is 1.91. The summed E-state index contributed by atoms with van der Waals surface area (Å²) in [5, 5.41) is 7.15. The molecule has 1 heterocycles. The van der Waals surface area contributed by atoms with Gasteiger partial charge in [-0.3, -0.25) is 4.68 Å². The number of hydrogen-bond acceptors (Lipinski definition) is 3. The Labute approximate surface area is 112 Å². The summed E-state index contributed by atoms with van der Waals surface area (Å²) in [6, 6.07) is 6.30. The first kappa shape index (κ1) is 13.8. The number of aromatic nitrogens is 2. The van der Waals surface area contributed by atoms with Gasteiger partial charge >= 0.3 is 5.51 Å². The van der Waals surface area contributed by atoms with Gasteiger partial charge in [-0.05, 0) is 29.5 Å². The van der Waals surface area contributed by atoms with E-state index in [2.05, 4.69) is 10.4 Å². The lowest BCUT2D eigenvalue weighted by Crippen LogP contribution is -2.00. The zero-order valence-electron chi connectivity index (χ0n) is 10.1. The summed E-state index contributed by atoms with van der Waals surface area (Å²) in [5.41, 5.74) is -2.46. The maximum absolute atomic E-state index is 12.2. The van der Waals surface area contributed by atoms with E-state index in [0.29, 0.717) is 6.54 Å². The normalized spacial score (nSPS) is 11.6. The van der Waals surface area contributed by atoms with Crippen LogP contribution in [0.25, 0.3) is 0 Å². The first-order valence-corrected chi connectivity index (χ1v) is 6.31. The summed E-state index contributed by atoms with van der Waals surface area (Å²) in [4.78, 5) is 0.192. The van der Waals surface area contributed by atoms with Gasteiger partial charge in [-0.25, -0.2) is 0 Å². The van der Waals surface area contributed by atoms with E-state index in [0.717, 1.165) is 11.3 Å². The first-order valence-electron chi connectivity index (χ1n) is 5.49. The van der Waals surface area contributed by atoms with Crippen molar-refractivity contribution in [2.45, 2.75) is 16.9 Å². The Morgan fingerprint density at radius 1 is 1.26 bits per heavy atom. The van der Waals surface area contributed by atoms with Crippen LogP contribution in [0.3, 0.4) is 0 Å². The quantitative estimate of drug-likeness (QED) is 0.871. The maximum atomic E-state index is 12.2. The minimum absolute atomic E-state index is 0.106. The molecule has 0 aliphatic rings. The molecule has 0 spiro atoms. The molecule has 102 valence electrons. The molecule has 1 aromatic carbocycles. The summed E-state index contributed by atoms with van der Waals surface area (Å²) >= 11 is -0.106. The molecule has 0 atom stereocenters. The summed E-state index contributed by atoms with van der Waals surface area (Å²) in [5.74, 6) is 0. The second kappa shape index (κ2) is 5.56. The van der Waals surface area contributed by atoms with Crippen molar-refractivity contribution in [3.8, 4) is 0 Å². The van der Waals surface area contributed by atoms with Gasteiger partial charge in [0.1, 0.15) is 0 Å². The minimum atomic E-state index is -4.24. The van der Waals surface area contributed by atoms with Crippen molar-refractivity contribution in [3.05, 3.63) is 42.2 Å². The first-order chi connectivity index (χ1) is 8.92. The molecule has 7 heteroatoms. The van der Waals surface area contributed by atoms with Crippen LogP contribution in [-0.4, -0.2) is 15.3 Å². The van der Waals surface area contributed by atoms with Gasteiger partial charge in [0.15, 0.2) is 0 Å². The van der Waals surface area contributed by atoms with Crippen molar-refractivity contribution in [1.29, 1.82) is 0 Å². The molecular formula is C12H12F3N3S. The summed E-state index contributed by atoms with van der Waals surface area (Å²) in [6.45, 7) is 0.544. The van der Waals surface area contributed by atoms with Gasteiger partial charge in [-0.1, -0.05) is 12.1 Å². The number of anilines is 1. The van der Waals surface area contributed by atoms with Crippen LogP contribution < -0.4 is 5.32 Å². The lowest BCUT2D eigenvalue weighted by molar-refractivity contribution is -0.0328. The van der Waals surface area contributed by atoms with Crippen LogP contribution in [0.15, 0.2) is 41.6 Å². The van der Waals surface area contributed by atoms with Crippen LogP contribution in [0.4, 0.5) is 18.9 Å². The van der Waals surface area contributed by atoms with E-state index in [1.165, 1.54) is 12.1 Å².